The van der Waals surface area contributed by atoms with Crippen molar-refractivity contribution < 1.29 is 13.2 Å². The van der Waals surface area contributed by atoms with Gasteiger partial charge in [0.15, 0.2) is 6.20 Å². The Bertz CT molecular complexity index is 929. The van der Waals surface area contributed by atoms with Gasteiger partial charge in [0, 0.05) is 5.69 Å². The number of thiazole rings is 1. The molecule has 2 aliphatic heterocycles. The van der Waals surface area contributed by atoms with E-state index in [2.05, 4.69) is 25.4 Å². The normalized spacial score (nSPS) is 21.7. The fourth-order valence-corrected chi connectivity index (χ4v) is 3.15. The number of nitrogens with one attached hydrogen (secondary N) is 1. The molecule has 1 atom stereocenters. The van der Waals surface area contributed by atoms with Gasteiger partial charge in [0.1, 0.15) is 12.4 Å². The number of amidine groups is 1. The van der Waals surface area contributed by atoms with Crippen molar-refractivity contribution >= 4 is 40.0 Å². The second kappa shape index (κ2) is 5.60. The van der Waals surface area contributed by atoms with Gasteiger partial charge in [-0.05, 0) is 23.3 Å². The zero-order valence-corrected chi connectivity index (χ0v) is 13.3. The van der Waals surface area contributed by atoms with Gasteiger partial charge in [-0.15, -0.1) is 0 Å². The number of guanidine groups is 1. The van der Waals surface area contributed by atoms with Crippen LogP contribution in [0.3, 0.4) is 0 Å². The summed E-state index contributed by atoms with van der Waals surface area (Å²) in [6.45, 7) is 0. The summed E-state index contributed by atoms with van der Waals surface area (Å²) in [6, 6.07) is 4.88. The van der Waals surface area contributed by atoms with Crippen molar-refractivity contribution in [3.05, 3.63) is 53.9 Å². The molecule has 25 heavy (non-hydrogen) atoms. The third kappa shape index (κ3) is 2.75. The molecule has 6 nitrogen and oxygen atoms in total. The van der Waals surface area contributed by atoms with Gasteiger partial charge < -0.3 is 5.32 Å². The topological polar surface area (TPSA) is 62.0 Å². The highest BCUT2D eigenvalue weighted by Crippen LogP contribution is 2.34. The Morgan fingerprint density at radius 3 is 2.84 bits per heavy atom. The molecule has 0 amide bonds. The highest BCUT2D eigenvalue weighted by Gasteiger charge is 2.44. The van der Waals surface area contributed by atoms with Crippen LogP contribution < -0.4 is 9.91 Å². The molecule has 4 rings (SSSR count). The van der Waals surface area contributed by atoms with E-state index in [9.17, 15) is 13.2 Å². The fraction of sp³-hybridized carbons (Fsp3) is 0.0667. The molecule has 0 saturated carbocycles. The first-order chi connectivity index (χ1) is 12.0. The number of hydrogen-bond acceptors (Lipinski definition) is 6. The lowest BCUT2D eigenvalue weighted by molar-refractivity contribution is -0.137. The second-order valence-corrected chi connectivity index (χ2v) is 6.06. The number of benzene rings is 1. The molecule has 0 spiro atoms. The molecular weight excluding hydrogens is 353 g/mol. The van der Waals surface area contributed by atoms with E-state index in [4.69, 9.17) is 0 Å². The number of alkyl halides is 3. The molecule has 3 heterocycles. The van der Waals surface area contributed by atoms with Crippen LogP contribution in [0.25, 0.3) is 0 Å². The number of fused-ring (bicyclic) bond motifs is 1. The number of rotatable bonds is 2. The predicted octanol–water partition coefficient (Wildman–Crippen LogP) is 3.82. The van der Waals surface area contributed by atoms with Crippen LogP contribution in [-0.2, 0) is 6.18 Å². The van der Waals surface area contributed by atoms with Crippen molar-refractivity contribution in [1.29, 1.82) is 0 Å². The van der Waals surface area contributed by atoms with E-state index in [1.54, 1.807) is 30.3 Å². The van der Waals surface area contributed by atoms with Crippen molar-refractivity contribution in [3.63, 3.8) is 0 Å². The van der Waals surface area contributed by atoms with E-state index in [0.717, 1.165) is 17.1 Å². The SMILES string of the molecule is FC(F)(F)c1cccc(NC2=N[N+]3(c4cncs4)C=CN=CC3=N2)c1. The van der Waals surface area contributed by atoms with Crippen LogP contribution in [0.15, 0.2) is 63.5 Å². The number of anilines is 1. The van der Waals surface area contributed by atoms with Crippen LogP contribution in [0.5, 0.6) is 0 Å². The molecule has 0 aliphatic carbocycles. The van der Waals surface area contributed by atoms with Gasteiger partial charge >= 0.3 is 6.18 Å². The second-order valence-electron chi connectivity index (χ2n) is 5.20. The summed E-state index contributed by atoms with van der Waals surface area (Å²) in [5.74, 6) is 0.724. The van der Waals surface area contributed by atoms with Crippen LogP contribution in [0, 0.1) is 0 Å². The molecule has 1 N–H and O–H groups in total. The smallest absolute Gasteiger partial charge is 0.320 e. The van der Waals surface area contributed by atoms with Gasteiger partial charge in [-0.3, -0.25) is 4.99 Å². The van der Waals surface area contributed by atoms with Crippen molar-refractivity contribution in [3.8, 4) is 0 Å². The molecule has 0 saturated heterocycles. The number of aromatic nitrogens is 1. The maximum atomic E-state index is 12.8. The molecule has 1 unspecified atom stereocenters. The van der Waals surface area contributed by atoms with Crippen LogP contribution >= 0.6 is 11.3 Å². The van der Waals surface area contributed by atoms with Gasteiger partial charge in [-0.1, -0.05) is 22.0 Å². The summed E-state index contributed by atoms with van der Waals surface area (Å²) in [6.07, 6.45) is 2.14. The summed E-state index contributed by atoms with van der Waals surface area (Å²) in [5, 5.41) is 8.15. The first-order valence-corrected chi connectivity index (χ1v) is 7.98. The lowest BCUT2D eigenvalue weighted by Gasteiger charge is -2.21. The number of nitrogens with zero attached hydrogens (tertiary/aromatic N) is 5. The molecule has 1 aromatic heterocycles. The lowest BCUT2D eigenvalue weighted by atomic mass is 10.2. The Morgan fingerprint density at radius 1 is 1.20 bits per heavy atom. The zero-order chi connectivity index (χ0) is 17.5. The molecule has 10 heteroatoms. The maximum Gasteiger partial charge on any atom is 0.416 e. The van der Waals surface area contributed by atoms with Gasteiger partial charge in [0.25, 0.3) is 11.8 Å². The van der Waals surface area contributed by atoms with Crippen LogP contribution in [0.2, 0.25) is 0 Å². The van der Waals surface area contributed by atoms with Gasteiger partial charge in [0.05, 0.1) is 17.3 Å². The molecule has 2 aliphatic rings. The lowest BCUT2D eigenvalue weighted by Crippen LogP contribution is -2.43. The van der Waals surface area contributed by atoms with E-state index >= 15 is 0 Å². The minimum Gasteiger partial charge on any atom is -0.320 e. The minimum atomic E-state index is -4.41. The van der Waals surface area contributed by atoms with Crippen LogP contribution in [-0.4, -0.2) is 23.0 Å². The number of quaternary nitrogens is 1. The third-order valence-corrected chi connectivity index (χ3v) is 4.43. The average Bonchev–Trinajstić information content (AvgIpc) is 3.22. The standard InChI is InChI=1S/C15H10F3N6S/c16-15(17,18)10-2-1-3-11(6-10)21-14-22-12-7-19-4-5-24(12,23-14)13-8-20-9-25-13/h1-9H,(H,21,23)/q+1. The van der Waals surface area contributed by atoms with E-state index in [1.165, 1.54) is 23.5 Å². The van der Waals surface area contributed by atoms with Crippen molar-refractivity contribution in [1.82, 2.24) is 9.58 Å². The van der Waals surface area contributed by atoms with E-state index in [1.807, 2.05) is 0 Å². The molecule has 1 aromatic carbocycles. The highest BCUT2D eigenvalue weighted by atomic mass is 32.1. The third-order valence-electron chi connectivity index (χ3n) is 3.58. The largest absolute Gasteiger partial charge is 0.416 e. The fourth-order valence-electron chi connectivity index (χ4n) is 2.45. The maximum absolute atomic E-state index is 12.8. The number of aliphatic imine (C=N–C) groups is 2. The van der Waals surface area contributed by atoms with Crippen molar-refractivity contribution in [2.45, 2.75) is 6.18 Å². The number of hydrogen-bond donors (Lipinski definition) is 1. The van der Waals surface area contributed by atoms with E-state index < -0.39 is 11.7 Å². The molecule has 0 bridgehead atoms. The van der Waals surface area contributed by atoms with Crippen LogP contribution in [0.4, 0.5) is 23.9 Å². The Kier molecular flexibility index (Phi) is 3.51. The van der Waals surface area contributed by atoms with Crippen molar-refractivity contribution in [2.75, 3.05) is 5.32 Å². The van der Waals surface area contributed by atoms with Gasteiger partial charge in [0.2, 0.25) is 5.00 Å². The Balaban J connectivity index is 1.69. The van der Waals surface area contributed by atoms with Gasteiger partial charge in [-0.25, -0.2) is 4.98 Å². The first kappa shape index (κ1) is 15.7. The quantitative estimate of drug-likeness (QED) is 0.825. The summed E-state index contributed by atoms with van der Waals surface area (Å²) >= 11 is 1.39. The van der Waals surface area contributed by atoms with Crippen LogP contribution in [0.1, 0.15) is 5.56 Å². The average molecular weight is 363 g/mol. The Hall–Kier alpha value is -2.85. The van der Waals surface area contributed by atoms with Gasteiger partial charge in [-0.2, -0.15) is 18.2 Å². The highest BCUT2D eigenvalue weighted by molar-refractivity contribution is 7.13. The first-order valence-electron chi connectivity index (χ1n) is 7.10. The Labute approximate surface area is 144 Å². The van der Waals surface area contributed by atoms with E-state index in [-0.39, 0.29) is 16.2 Å². The molecular formula is C15H10F3N6S+. The molecule has 0 radical (unpaired) electrons. The molecule has 2 aromatic rings. The van der Waals surface area contributed by atoms with Crippen molar-refractivity contribution in [2.24, 2.45) is 15.1 Å². The zero-order valence-electron chi connectivity index (χ0n) is 12.5. The predicted molar refractivity (Wildman–Crippen MR) is 91.5 cm³/mol. The summed E-state index contributed by atoms with van der Waals surface area (Å²) in [7, 11) is 0. The molecule has 126 valence electrons. The molecule has 0 fully saturated rings. The Morgan fingerprint density at radius 2 is 2.08 bits per heavy atom. The minimum absolute atomic E-state index is 0.0462. The number of halogens is 3. The summed E-state index contributed by atoms with van der Waals surface area (Å²) in [4.78, 5) is 12.5. The monoisotopic (exact) mass is 363 g/mol. The summed E-state index contributed by atoms with van der Waals surface area (Å²) in [5.41, 5.74) is 1.18. The van der Waals surface area contributed by atoms with E-state index in [0.29, 0.717) is 5.84 Å². The summed E-state index contributed by atoms with van der Waals surface area (Å²) < 4.78 is 38.5.